The number of carbonyl (C=O) groups excluding carboxylic acids is 1. The van der Waals surface area contributed by atoms with E-state index in [1.54, 1.807) is 0 Å². The Bertz CT molecular complexity index is 506. The molecule has 0 saturated carbocycles. The third-order valence-corrected chi connectivity index (χ3v) is 5.67. The molecule has 3 heterocycles. The first-order chi connectivity index (χ1) is 11.1. The SMILES string of the molecule is CN(C)CCN1CCO[C@H]2CN(C(=O)c3cccs3)CC[C@H]2C1. The highest BCUT2D eigenvalue weighted by Crippen LogP contribution is 2.25. The number of nitrogens with zero attached hydrogens (tertiary/aromatic N) is 3. The van der Waals surface area contributed by atoms with Crippen LogP contribution in [0.4, 0.5) is 0 Å². The van der Waals surface area contributed by atoms with Crippen LogP contribution in [0.5, 0.6) is 0 Å². The number of carbonyl (C=O) groups is 1. The Morgan fingerprint density at radius 1 is 1.39 bits per heavy atom. The van der Waals surface area contributed by atoms with E-state index in [2.05, 4.69) is 23.9 Å². The van der Waals surface area contributed by atoms with Gasteiger partial charge < -0.3 is 14.5 Å². The van der Waals surface area contributed by atoms with Crippen LogP contribution in [-0.2, 0) is 4.74 Å². The number of thiophene rings is 1. The van der Waals surface area contributed by atoms with Gasteiger partial charge in [-0.05, 0) is 32.0 Å². The summed E-state index contributed by atoms with van der Waals surface area (Å²) in [4.78, 5) is 20.1. The van der Waals surface area contributed by atoms with E-state index in [4.69, 9.17) is 4.74 Å². The molecular weight excluding hydrogens is 310 g/mol. The fraction of sp³-hybridized carbons (Fsp3) is 0.706. The highest BCUT2D eigenvalue weighted by molar-refractivity contribution is 7.12. The fourth-order valence-electron chi connectivity index (χ4n) is 3.40. The van der Waals surface area contributed by atoms with Gasteiger partial charge in [-0.2, -0.15) is 0 Å². The van der Waals surface area contributed by atoms with Crippen LogP contribution in [-0.4, -0.2) is 86.7 Å². The number of hydrogen-bond donors (Lipinski definition) is 0. The van der Waals surface area contributed by atoms with Crippen LogP contribution in [0.25, 0.3) is 0 Å². The van der Waals surface area contributed by atoms with Crippen molar-refractivity contribution in [3.05, 3.63) is 22.4 Å². The summed E-state index contributed by atoms with van der Waals surface area (Å²) in [7, 11) is 4.23. The van der Waals surface area contributed by atoms with Crippen molar-refractivity contribution in [1.29, 1.82) is 0 Å². The molecule has 2 atom stereocenters. The van der Waals surface area contributed by atoms with Crippen LogP contribution in [0.1, 0.15) is 16.1 Å². The molecule has 128 valence electrons. The van der Waals surface area contributed by atoms with Gasteiger partial charge in [-0.3, -0.25) is 9.69 Å². The van der Waals surface area contributed by atoms with Gasteiger partial charge in [0, 0.05) is 45.2 Å². The Labute approximate surface area is 142 Å². The van der Waals surface area contributed by atoms with Crippen molar-refractivity contribution in [2.45, 2.75) is 12.5 Å². The maximum atomic E-state index is 12.5. The number of amides is 1. The van der Waals surface area contributed by atoms with Gasteiger partial charge in [-0.1, -0.05) is 6.07 Å². The predicted molar refractivity (Wildman–Crippen MR) is 93.1 cm³/mol. The summed E-state index contributed by atoms with van der Waals surface area (Å²) in [6.07, 6.45) is 1.23. The number of hydrogen-bond acceptors (Lipinski definition) is 5. The standard InChI is InChI=1S/C17H27N3O2S/c1-18(2)7-8-19-9-10-22-15-13-20(6-5-14(15)12-19)17(21)16-4-3-11-23-16/h3-4,11,14-15H,5-10,12-13H2,1-2H3/t14-,15-/m0/s1. The molecule has 1 aromatic heterocycles. The van der Waals surface area contributed by atoms with Crippen LogP contribution in [0, 0.1) is 5.92 Å². The van der Waals surface area contributed by atoms with Crippen molar-refractivity contribution in [3.63, 3.8) is 0 Å². The Balaban J connectivity index is 1.56. The number of likely N-dealkylation sites (tertiary alicyclic amines) is 1. The van der Waals surface area contributed by atoms with E-state index in [9.17, 15) is 4.79 Å². The summed E-state index contributed by atoms with van der Waals surface area (Å²) in [6, 6.07) is 3.85. The van der Waals surface area contributed by atoms with Gasteiger partial charge in [0.25, 0.3) is 5.91 Å². The Morgan fingerprint density at radius 2 is 2.26 bits per heavy atom. The van der Waals surface area contributed by atoms with Gasteiger partial charge in [0.1, 0.15) is 0 Å². The highest BCUT2D eigenvalue weighted by atomic mass is 32.1. The summed E-state index contributed by atoms with van der Waals surface area (Å²) in [6.45, 7) is 6.64. The minimum Gasteiger partial charge on any atom is -0.375 e. The van der Waals surface area contributed by atoms with Gasteiger partial charge in [0.05, 0.1) is 17.6 Å². The molecular formula is C17H27N3O2S. The lowest BCUT2D eigenvalue weighted by Crippen LogP contribution is -2.49. The number of ether oxygens (including phenoxy) is 1. The van der Waals surface area contributed by atoms with Crippen LogP contribution < -0.4 is 0 Å². The third kappa shape index (κ3) is 4.32. The molecule has 0 radical (unpaired) electrons. The zero-order valence-electron chi connectivity index (χ0n) is 14.1. The van der Waals surface area contributed by atoms with Gasteiger partial charge in [0.15, 0.2) is 0 Å². The van der Waals surface area contributed by atoms with Crippen molar-refractivity contribution in [3.8, 4) is 0 Å². The second-order valence-electron chi connectivity index (χ2n) is 6.79. The van der Waals surface area contributed by atoms with Crippen LogP contribution >= 0.6 is 11.3 Å². The smallest absolute Gasteiger partial charge is 0.264 e. The Kier molecular flexibility index (Phi) is 5.69. The Hall–Kier alpha value is -0.950. The molecule has 0 N–H and O–H groups in total. The average Bonchev–Trinajstić information content (AvgIpc) is 2.99. The van der Waals surface area contributed by atoms with Gasteiger partial charge in [-0.15, -0.1) is 11.3 Å². The molecule has 1 aromatic rings. The summed E-state index contributed by atoms with van der Waals surface area (Å²) < 4.78 is 6.10. The number of fused-ring (bicyclic) bond motifs is 1. The number of piperidine rings is 1. The maximum Gasteiger partial charge on any atom is 0.264 e. The van der Waals surface area contributed by atoms with Crippen molar-refractivity contribution in [1.82, 2.24) is 14.7 Å². The summed E-state index contributed by atoms with van der Waals surface area (Å²) in [5, 5.41) is 1.96. The van der Waals surface area contributed by atoms with Crippen LogP contribution in [0.15, 0.2) is 17.5 Å². The molecule has 2 saturated heterocycles. The van der Waals surface area contributed by atoms with Gasteiger partial charge in [0.2, 0.25) is 0 Å². The average molecular weight is 337 g/mol. The quantitative estimate of drug-likeness (QED) is 0.834. The van der Waals surface area contributed by atoms with E-state index in [0.717, 1.165) is 57.2 Å². The minimum atomic E-state index is 0.163. The van der Waals surface area contributed by atoms with Crippen molar-refractivity contribution in [2.24, 2.45) is 5.92 Å². The van der Waals surface area contributed by atoms with Gasteiger partial charge in [-0.25, -0.2) is 0 Å². The largest absolute Gasteiger partial charge is 0.375 e. The first-order valence-corrected chi connectivity index (χ1v) is 9.33. The lowest BCUT2D eigenvalue weighted by atomic mass is 9.93. The van der Waals surface area contributed by atoms with E-state index >= 15 is 0 Å². The number of likely N-dealkylation sites (N-methyl/N-ethyl adjacent to an activating group) is 1. The first kappa shape index (κ1) is 16.9. The molecule has 23 heavy (non-hydrogen) atoms. The van der Waals surface area contributed by atoms with Crippen molar-refractivity contribution >= 4 is 17.2 Å². The molecule has 5 nitrogen and oxygen atoms in total. The van der Waals surface area contributed by atoms with E-state index in [1.807, 2.05) is 22.4 Å². The molecule has 1 amide bonds. The second-order valence-corrected chi connectivity index (χ2v) is 7.74. The zero-order chi connectivity index (χ0) is 16.2. The molecule has 0 aliphatic carbocycles. The minimum absolute atomic E-state index is 0.163. The topological polar surface area (TPSA) is 36.0 Å². The monoisotopic (exact) mass is 337 g/mol. The van der Waals surface area contributed by atoms with Crippen molar-refractivity contribution < 1.29 is 9.53 Å². The molecule has 0 aromatic carbocycles. The third-order valence-electron chi connectivity index (χ3n) is 4.81. The molecule has 2 aliphatic rings. The zero-order valence-corrected chi connectivity index (χ0v) is 14.9. The summed E-state index contributed by atoms with van der Waals surface area (Å²) in [5.74, 6) is 0.711. The molecule has 0 bridgehead atoms. The summed E-state index contributed by atoms with van der Waals surface area (Å²) in [5.41, 5.74) is 0. The Morgan fingerprint density at radius 3 is 3.00 bits per heavy atom. The lowest BCUT2D eigenvalue weighted by Gasteiger charge is -2.38. The highest BCUT2D eigenvalue weighted by Gasteiger charge is 2.35. The van der Waals surface area contributed by atoms with Gasteiger partial charge >= 0.3 is 0 Å². The summed E-state index contributed by atoms with van der Waals surface area (Å²) >= 11 is 1.52. The molecule has 3 rings (SSSR count). The molecule has 2 aliphatic heterocycles. The molecule has 6 heteroatoms. The molecule has 2 fully saturated rings. The number of rotatable bonds is 4. The first-order valence-electron chi connectivity index (χ1n) is 8.45. The lowest BCUT2D eigenvalue weighted by molar-refractivity contribution is -0.0169. The van der Waals surface area contributed by atoms with E-state index < -0.39 is 0 Å². The maximum absolute atomic E-state index is 12.5. The molecule has 0 spiro atoms. The van der Waals surface area contributed by atoms with Crippen LogP contribution in [0.3, 0.4) is 0 Å². The van der Waals surface area contributed by atoms with Crippen LogP contribution in [0.2, 0.25) is 0 Å². The normalized spacial score (nSPS) is 26.1. The second kappa shape index (κ2) is 7.75. The van der Waals surface area contributed by atoms with E-state index in [-0.39, 0.29) is 12.0 Å². The predicted octanol–water partition coefficient (Wildman–Crippen LogP) is 1.47. The van der Waals surface area contributed by atoms with E-state index in [1.165, 1.54) is 11.3 Å². The fourth-order valence-corrected chi connectivity index (χ4v) is 4.09. The molecule has 0 unspecified atom stereocenters. The van der Waals surface area contributed by atoms with E-state index in [0.29, 0.717) is 5.92 Å². The van der Waals surface area contributed by atoms with Crippen molar-refractivity contribution in [2.75, 3.05) is 60.0 Å².